The molecule has 0 aliphatic rings. The van der Waals surface area contributed by atoms with E-state index in [9.17, 15) is 4.39 Å². The van der Waals surface area contributed by atoms with Gasteiger partial charge < -0.3 is 5.73 Å². The molecule has 2 rings (SSSR count). The highest BCUT2D eigenvalue weighted by molar-refractivity contribution is 5.91. The molecule has 0 saturated heterocycles. The summed E-state index contributed by atoms with van der Waals surface area (Å²) in [7, 11) is 0. The van der Waals surface area contributed by atoms with Crippen molar-refractivity contribution in [1.29, 1.82) is 0 Å². The number of nitrogen functional groups attached to an aromatic ring is 1. The maximum absolute atomic E-state index is 13.0. The average Bonchev–Trinajstić information content (AvgIpc) is 2.12. The Kier molecular flexibility index (Phi) is 1.43. The first-order valence-electron chi connectivity index (χ1n) is 3.58. The summed E-state index contributed by atoms with van der Waals surface area (Å²) in [6.45, 7) is 0. The van der Waals surface area contributed by atoms with Crippen molar-refractivity contribution >= 4 is 16.5 Å². The van der Waals surface area contributed by atoms with Crippen LogP contribution in [0.25, 0.3) is 10.8 Å². The Morgan fingerprint density at radius 2 is 1.83 bits per heavy atom. The molecule has 3 heteroatoms. The van der Waals surface area contributed by atoms with Crippen LogP contribution >= 0.6 is 0 Å². The first kappa shape index (κ1) is 7.03. The number of nitrogens with zero attached hydrogens (tertiary/aromatic N) is 1. The van der Waals surface area contributed by atoms with Crippen molar-refractivity contribution in [3.8, 4) is 0 Å². The predicted octanol–water partition coefficient (Wildman–Crippen LogP) is 1.96. The Morgan fingerprint density at radius 1 is 1.17 bits per heavy atom. The van der Waals surface area contributed by atoms with Crippen LogP contribution in [-0.4, -0.2) is 4.98 Å². The summed E-state index contributed by atoms with van der Waals surface area (Å²) in [6, 6.07) is 7.01. The second-order valence-corrected chi connectivity index (χ2v) is 2.55. The SMILES string of the molecule is Nc1cnc(F)c2ccccc12. The van der Waals surface area contributed by atoms with E-state index >= 15 is 0 Å². The van der Waals surface area contributed by atoms with Crippen LogP contribution < -0.4 is 5.73 Å². The normalized spacial score (nSPS) is 10.4. The number of anilines is 1. The average molecular weight is 162 g/mol. The number of nitrogens with two attached hydrogens (primary N) is 1. The largest absolute Gasteiger partial charge is 0.397 e. The van der Waals surface area contributed by atoms with E-state index in [2.05, 4.69) is 4.98 Å². The van der Waals surface area contributed by atoms with E-state index in [1.807, 2.05) is 6.07 Å². The molecule has 60 valence electrons. The maximum atomic E-state index is 13.0. The van der Waals surface area contributed by atoms with Gasteiger partial charge in [-0.15, -0.1) is 0 Å². The number of fused-ring (bicyclic) bond motifs is 1. The first-order chi connectivity index (χ1) is 5.79. The fourth-order valence-corrected chi connectivity index (χ4v) is 1.18. The van der Waals surface area contributed by atoms with Crippen molar-refractivity contribution in [2.75, 3.05) is 5.73 Å². The summed E-state index contributed by atoms with van der Waals surface area (Å²) < 4.78 is 13.0. The van der Waals surface area contributed by atoms with Gasteiger partial charge in [-0.2, -0.15) is 4.39 Å². The lowest BCUT2D eigenvalue weighted by Crippen LogP contribution is -1.91. The van der Waals surface area contributed by atoms with Crippen molar-refractivity contribution in [2.24, 2.45) is 0 Å². The Balaban J connectivity index is 2.95. The van der Waals surface area contributed by atoms with Crippen molar-refractivity contribution in [2.45, 2.75) is 0 Å². The van der Waals surface area contributed by atoms with Crippen molar-refractivity contribution in [1.82, 2.24) is 4.98 Å². The summed E-state index contributed by atoms with van der Waals surface area (Å²) in [5, 5.41) is 1.18. The molecular formula is C9H7FN2. The van der Waals surface area contributed by atoms with Crippen molar-refractivity contribution in [3.63, 3.8) is 0 Å². The summed E-state index contributed by atoms with van der Waals surface area (Å²) in [5.41, 5.74) is 6.10. The fraction of sp³-hybridized carbons (Fsp3) is 0. The molecular weight excluding hydrogens is 155 g/mol. The van der Waals surface area contributed by atoms with E-state index in [0.717, 1.165) is 0 Å². The van der Waals surface area contributed by atoms with Gasteiger partial charge in [-0.3, -0.25) is 0 Å². The highest BCUT2D eigenvalue weighted by Gasteiger charge is 2.02. The lowest BCUT2D eigenvalue weighted by atomic mass is 10.1. The molecule has 0 fully saturated rings. The molecule has 1 heterocycles. The lowest BCUT2D eigenvalue weighted by Gasteiger charge is -2.00. The van der Waals surface area contributed by atoms with Gasteiger partial charge in [0.25, 0.3) is 0 Å². The third-order valence-corrected chi connectivity index (χ3v) is 1.78. The van der Waals surface area contributed by atoms with E-state index in [0.29, 0.717) is 16.5 Å². The van der Waals surface area contributed by atoms with E-state index in [-0.39, 0.29) is 0 Å². The predicted molar refractivity (Wildman–Crippen MR) is 46.1 cm³/mol. The standard InChI is InChI=1S/C9H7FN2/c10-9-7-4-2-1-3-6(7)8(11)5-12-9/h1-5H,11H2. The zero-order valence-electron chi connectivity index (χ0n) is 6.29. The van der Waals surface area contributed by atoms with E-state index in [1.54, 1.807) is 18.2 Å². The van der Waals surface area contributed by atoms with Gasteiger partial charge in [0.1, 0.15) is 0 Å². The van der Waals surface area contributed by atoms with E-state index < -0.39 is 5.95 Å². The van der Waals surface area contributed by atoms with Gasteiger partial charge in [-0.1, -0.05) is 18.2 Å². The highest BCUT2D eigenvalue weighted by atomic mass is 19.1. The number of hydrogen-bond donors (Lipinski definition) is 1. The molecule has 0 saturated carbocycles. The minimum atomic E-state index is -0.472. The van der Waals surface area contributed by atoms with Gasteiger partial charge in [-0.25, -0.2) is 4.98 Å². The van der Waals surface area contributed by atoms with Crippen LogP contribution in [0.2, 0.25) is 0 Å². The first-order valence-corrected chi connectivity index (χ1v) is 3.58. The number of benzene rings is 1. The molecule has 0 atom stereocenters. The Bertz CT molecular complexity index is 385. The molecule has 2 N–H and O–H groups in total. The number of rotatable bonds is 0. The summed E-state index contributed by atoms with van der Waals surface area (Å²) >= 11 is 0. The smallest absolute Gasteiger partial charge is 0.220 e. The second-order valence-electron chi connectivity index (χ2n) is 2.55. The van der Waals surface area contributed by atoms with Gasteiger partial charge in [-0.05, 0) is 6.07 Å². The van der Waals surface area contributed by atoms with Gasteiger partial charge in [0.05, 0.1) is 11.9 Å². The van der Waals surface area contributed by atoms with E-state index in [1.165, 1.54) is 6.20 Å². The van der Waals surface area contributed by atoms with Gasteiger partial charge >= 0.3 is 0 Å². The molecule has 12 heavy (non-hydrogen) atoms. The Morgan fingerprint density at radius 3 is 2.50 bits per heavy atom. The molecule has 0 aliphatic heterocycles. The van der Waals surface area contributed by atoms with Crippen molar-refractivity contribution in [3.05, 3.63) is 36.4 Å². The number of aromatic nitrogens is 1. The number of hydrogen-bond acceptors (Lipinski definition) is 2. The van der Waals surface area contributed by atoms with Gasteiger partial charge in [0.2, 0.25) is 5.95 Å². The van der Waals surface area contributed by atoms with Crippen LogP contribution in [0, 0.1) is 5.95 Å². The monoisotopic (exact) mass is 162 g/mol. The van der Waals surface area contributed by atoms with Crippen LogP contribution in [0.5, 0.6) is 0 Å². The maximum Gasteiger partial charge on any atom is 0.220 e. The highest BCUT2D eigenvalue weighted by Crippen LogP contribution is 2.20. The van der Waals surface area contributed by atoms with Crippen LogP contribution in [0.3, 0.4) is 0 Å². The zero-order chi connectivity index (χ0) is 8.55. The minimum Gasteiger partial charge on any atom is -0.397 e. The van der Waals surface area contributed by atoms with Gasteiger partial charge in [0, 0.05) is 10.8 Å². The Hall–Kier alpha value is -1.64. The minimum absolute atomic E-state index is 0.470. The molecule has 0 spiro atoms. The number of halogens is 1. The fourth-order valence-electron chi connectivity index (χ4n) is 1.18. The number of pyridine rings is 1. The molecule has 1 aromatic carbocycles. The van der Waals surface area contributed by atoms with Crippen LogP contribution in [0.1, 0.15) is 0 Å². The second kappa shape index (κ2) is 2.44. The van der Waals surface area contributed by atoms with E-state index in [4.69, 9.17) is 5.73 Å². The Labute approximate surface area is 68.8 Å². The molecule has 0 amide bonds. The van der Waals surface area contributed by atoms with Crippen molar-refractivity contribution < 1.29 is 4.39 Å². The third-order valence-electron chi connectivity index (χ3n) is 1.78. The quantitative estimate of drug-likeness (QED) is 0.601. The zero-order valence-corrected chi connectivity index (χ0v) is 6.29. The summed E-state index contributed by atoms with van der Waals surface area (Å²) in [4.78, 5) is 3.52. The third kappa shape index (κ3) is 0.906. The molecule has 0 aliphatic carbocycles. The topological polar surface area (TPSA) is 38.9 Å². The molecule has 0 bridgehead atoms. The summed E-state index contributed by atoms with van der Waals surface area (Å²) in [5.74, 6) is -0.472. The van der Waals surface area contributed by atoms with Crippen LogP contribution in [0.15, 0.2) is 30.5 Å². The molecule has 2 nitrogen and oxygen atoms in total. The molecule has 1 aromatic heterocycles. The van der Waals surface area contributed by atoms with Gasteiger partial charge in [0.15, 0.2) is 0 Å². The molecule has 2 aromatic rings. The van der Waals surface area contributed by atoms with Crippen LogP contribution in [-0.2, 0) is 0 Å². The van der Waals surface area contributed by atoms with Crippen LogP contribution in [0.4, 0.5) is 10.1 Å². The molecule has 0 radical (unpaired) electrons. The summed E-state index contributed by atoms with van der Waals surface area (Å²) in [6.07, 6.45) is 1.33. The molecule has 0 unspecified atom stereocenters. The lowest BCUT2D eigenvalue weighted by molar-refractivity contribution is 0.597.